The summed E-state index contributed by atoms with van der Waals surface area (Å²) < 4.78 is 42.9. The highest BCUT2D eigenvalue weighted by Crippen LogP contribution is 2.29. The monoisotopic (exact) mass is 457 g/mol. The van der Waals surface area contributed by atoms with Gasteiger partial charge in [0.05, 0.1) is 11.3 Å². The maximum absolute atomic E-state index is 14.1. The number of aryl methyl sites for hydroxylation is 2. The zero-order chi connectivity index (χ0) is 19.8. The third-order valence-corrected chi connectivity index (χ3v) is 6.65. The number of rotatable bonds is 4. The Balaban J connectivity index is 2.01. The zero-order valence-corrected chi connectivity index (χ0v) is 17.5. The highest BCUT2D eigenvalue weighted by molar-refractivity contribution is 9.10. The average Bonchev–Trinajstić information content (AvgIpc) is 2.92. The molecule has 2 aromatic rings. The Bertz CT molecular complexity index is 982. The molecule has 1 aliphatic rings. The van der Waals surface area contributed by atoms with Gasteiger partial charge >= 0.3 is 0 Å². The Labute approximate surface area is 166 Å². The topological polar surface area (TPSA) is 82.3 Å². The normalized spacial score (nSPS) is 15.0. The zero-order valence-electron chi connectivity index (χ0n) is 15.1. The second-order valence-electron chi connectivity index (χ2n) is 6.66. The summed E-state index contributed by atoms with van der Waals surface area (Å²) in [5.41, 5.74) is 0.782. The quantitative estimate of drug-likeness (QED) is 0.728. The highest BCUT2D eigenvalue weighted by Gasteiger charge is 2.32. The number of H-pyrrole nitrogens is 1. The Kier molecular flexibility index (Phi) is 5.62. The van der Waals surface area contributed by atoms with Crippen molar-refractivity contribution in [1.29, 1.82) is 0 Å². The lowest BCUT2D eigenvalue weighted by Crippen LogP contribution is -2.36. The molecule has 0 saturated carbocycles. The lowest BCUT2D eigenvalue weighted by Gasteiger charge is -2.27. The molecule has 0 radical (unpaired) electrons. The Hall–Kier alpha value is -1.87. The number of aromatic nitrogens is 1. The van der Waals surface area contributed by atoms with Crippen LogP contribution in [-0.2, 0) is 10.0 Å². The van der Waals surface area contributed by atoms with Crippen LogP contribution < -0.4 is 4.72 Å². The van der Waals surface area contributed by atoms with E-state index in [-0.39, 0.29) is 22.1 Å². The minimum atomic E-state index is -4.16. The van der Waals surface area contributed by atoms with Crippen LogP contribution in [0.3, 0.4) is 0 Å². The predicted molar refractivity (Wildman–Crippen MR) is 105 cm³/mol. The molecule has 0 spiro atoms. The SMILES string of the molecule is Cc1[nH]c(C)c(S(=O)(=O)Nc2ccc(Br)cc2F)c1C(=O)N1CCCCC1. The molecule has 9 heteroatoms. The molecule has 6 nitrogen and oxygen atoms in total. The molecular weight excluding hydrogens is 437 g/mol. The van der Waals surface area contributed by atoms with Gasteiger partial charge in [0.1, 0.15) is 10.7 Å². The molecule has 27 heavy (non-hydrogen) atoms. The van der Waals surface area contributed by atoms with E-state index >= 15 is 0 Å². The second kappa shape index (κ2) is 7.63. The number of sulfonamides is 1. The molecule has 0 atom stereocenters. The second-order valence-corrected chi connectivity index (χ2v) is 9.20. The molecule has 2 N–H and O–H groups in total. The number of nitrogens with zero attached hydrogens (tertiary/aromatic N) is 1. The van der Waals surface area contributed by atoms with Crippen molar-refractivity contribution in [1.82, 2.24) is 9.88 Å². The summed E-state index contributed by atoms with van der Waals surface area (Å²) >= 11 is 3.14. The van der Waals surface area contributed by atoms with Crippen molar-refractivity contribution in [3.8, 4) is 0 Å². The molecule has 3 rings (SSSR count). The summed E-state index contributed by atoms with van der Waals surface area (Å²) in [7, 11) is -4.16. The molecule has 0 aliphatic carbocycles. The number of hydrogen-bond acceptors (Lipinski definition) is 3. The Morgan fingerprint density at radius 1 is 1.19 bits per heavy atom. The van der Waals surface area contributed by atoms with Crippen LogP contribution in [0.4, 0.5) is 10.1 Å². The van der Waals surface area contributed by atoms with Crippen LogP contribution in [0.15, 0.2) is 27.6 Å². The molecule has 2 heterocycles. The van der Waals surface area contributed by atoms with E-state index in [1.54, 1.807) is 18.7 Å². The van der Waals surface area contributed by atoms with Crippen molar-refractivity contribution >= 4 is 37.5 Å². The van der Waals surface area contributed by atoms with Gasteiger partial charge in [-0.25, -0.2) is 12.8 Å². The minimum absolute atomic E-state index is 0.124. The average molecular weight is 458 g/mol. The number of anilines is 1. The Morgan fingerprint density at radius 2 is 1.85 bits per heavy atom. The third-order valence-electron chi connectivity index (χ3n) is 4.62. The molecule has 1 aliphatic heterocycles. The van der Waals surface area contributed by atoms with Crippen molar-refractivity contribution in [2.24, 2.45) is 0 Å². The molecule has 1 saturated heterocycles. The largest absolute Gasteiger partial charge is 0.361 e. The summed E-state index contributed by atoms with van der Waals surface area (Å²) in [4.78, 5) is 17.5. The van der Waals surface area contributed by atoms with Crippen molar-refractivity contribution in [3.05, 3.63) is 45.4 Å². The van der Waals surface area contributed by atoms with Crippen LogP contribution in [0.25, 0.3) is 0 Å². The fourth-order valence-corrected chi connectivity index (χ4v) is 5.23. The Morgan fingerprint density at radius 3 is 2.48 bits per heavy atom. The van der Waals surface area contributed by atoms with Crippen LogP contribution >= 0.6 is 15.9 Å². The molecule has 1 aromatic heterocycles. The van der Waals surface area contributed by atoms with Gasteiger partial charge in [-0.3, -0.25) is 9.52 Å². The first-order valence-corrected chi connectivity index (χ1v) is 10.9. The first kappa shape index (κ1) is 19.9. The number of halogens is 2. The minimum Gasteiger partial charge on any atom is -0.361 e. The summed E-state index contributed by atoms with van der Waals surface area (Å²) in [5, 5.41) is 0. The first-order valence-electron chi connectivity index (χ1n) is 8.67. The van der Waals surface area contributed by atoms with E-state index in [0.717, 1.165) is 19.3 Å². The molecule has 1 amide bonds. The molecule has 0 bridgehead atoms. The van der Waals surface area contributed by atoms with Gasteiger partial charge in [0, 0.05) is 29.0 Å². The summed E-state index contributed by atoms with van der Waals surface area (Å²) in [6.45, 7) is 4.48. The fraction of sp³-hybridized carbons (Fsp3) is 0.389. The molecule has 1 aromatic carbocycles. The van der Waals surface area contributed by atoms with Gasteiger partial charge < -0.3 is 9.88 Å². The van der Waals surface area contributed by atoms with Crippen molar-refractivity contribution < 1.29 is 17.6 Å². The van der Waals surface area contributed by atoms with Gasteiger partial charge in [-0.2, -0.15) is 0 Å². The van der Waals surface area contributed by atoms with Gasteiger partial charge in [-0.15, -0.1) is 0 Å². The summed E-state index contributed by atoms with van der Waals surface area (Å²) in [5.74, 6) is -1.02. The molecular formula is C18H21BrFN3O3S. The van der Waals surface area contributed by atoms with E-state index in [0.29, 0.717) is 29.0 Å². The van der Waals surface area contributed by atoms with Gasteiger partial charge in [-0.05, 0) is 51.3 Å². The molecule has 0 unspecified atom stereocenters. The number of piperidine rings is 1. The maximum atomic E-state index is 14.1. The number of hydrogen-bond donors (Lipinski definition) is 2. The number of amides is 1. The number of nitrogens with one attached hydrogen (secondary N) is 2. The number of likely N-dealkylation sites (tertiary alicyclic amines) is 1. The van der Waals surface area contributed by atoms with E-state index in [2.05, 4.69) is 25.6 Å². The number of carbonyl (C=O) groups is 1. The van der Waals surface area contributed by atoms with Crippen LogP contribution in [0, 0.1) is 19.7 Å². The van der Waals surface area contributed by atoms with Crippen LogP contribution in [0.5, 0.6) is 0 Å². The van der Waals surface area contributed by atoms with Gasteiger partial charge in [0.25, 0.3) is 15.9 Å². The number of carbonyl (C=O) groups excluding carboxylic acids is 1. The smallest absolute Gasteiger partial charge is 0.264 e. The molecule has 146 valence electrons. The lowest BCUT2D eigenvalue weighted by atomic mass is 10.1. The number of benzene rings is 1. The van der Waals surface area contributed by atoms with Crippen LogP contribution in [-0.4, -0.2) is 37.3 Å². The van der Waals surface area contributed by atoms with Crippen LogP contribution in [0.1, 0.15) is 41.0 Å². The van der Waals surface area contributed by atoms with Gasteiger partial charge in [0.15, 0.2) is 0 Å². The predicted octanol–water partition coefficient (Wildman–Crippen LogP) is 3.96. The maximum Gasteiger partial charge on any atom is 0.264 e. The van der Waals surface area contributed by atoms with Gasteiger partial charge in [-0.1, -0.05) is 15.9 Å². The summed E-state index contributed by atoms with van der Waals surface area (Å²) in [6.07, 6.45) is 2.86. The standard InChI is InChI=1S/C18H21BrFN3O3S/c1-11-16(18(24)23-8-4-3-5-9-23)17(12(2)21-11)27(25,26)22-15-7-6-13(19)10-14(15)20/h6-7,10,21-22H,3-5,8-9H2,1-2H3. The van der Waals surface area contributed by atoms with E-state index in [1.807, 2.05) is 0 Å². The fourth-order valence-electron chi connectivity index (χ4n) is 3.37. The first-order chi connectivity index (χ1) is 12.7. The van der Waals surface area contributed by atoms with Crippen molar-refractivity contribution in [2.45, 2.75) is 38.0 Å². The number of aromatic amines is 1. The van der Waals surface area contributed by atoms with Crippen LogP contribution in [0.2, 0.25) is 0 Å². The molecule has 1 fully saturated rings. The highest BCUT2D eigenvalue weighted by atomic mass is 79.9. The lowest BCUT2D eigenvalue weighted by molar-refractivity contribution is 0.0720. The van der Waals surface area contributed by atoms with E-state index in [9.17, 15) is 17.6 Å². The van der Waals surface area contributed by atoms with E-state index in [1.165, 1.54) is 18.2 Å². The third kappa shape index (κ3) is 4.03. The van der Waals surface area contributed by atoms with E-state index < -0.39 is 15.8 Å². The van der Waals surface area contributed by atoms with E-state index in [4.69, 9.17) is 0 Å². The van der Waals surface area contributed by atoms with Crippen molar-refractivity contribution in [2.75, 3.05) is 17.8 Å². The summed E-state index contributed by atoms with van der Waals surface area (Å²) in [6, 6.07) is 4.04. The van der Waals surface area contributed by atoms with Gasteiger partial charge in [0.2, 0.25) is 0 Å². The van der Waals surface area contributed by atoms with Crippen molar-refractivity contribution in [3.63, 3.8) is 0 Å².